The van der Waals surface area contributed by atoms with Crippen molar-refractivity contribution in [3.8, 4) is 6.07 Å². The molecule has 7 heteroatoms. The fraction of sp³-hybridized carbons (Fsp3) is 0.0769. The van der Waals surface area contributed by atoms with Gasteiger partial charge in [0.2, 0.25) is 0 Å². The number of nitriles is 1. The van der Waals surface area contributed by atoms with E-state index in [4.69, 9.17) is 11.0 Å². The van der Waals surface area contributed by atoms with Crippen molar-refractivity contribution in [2.75, 3.05) is 4.72 Å². The maximum absolute atomic E-state index is 12.2. The number of para-hydroxylation sites is 1. The normalized spacial score (nSPS) is 10.8. The van der Waals surface area contributed by atoms with E-state index in [0.29, 0.717) is 11.3 Å². The van der Waals surface area contributed by atoms with Gasteiger partial charge in [0.25, 0.3) is 10.0 Å². The fourth-order valence-electron chi connectivity index (χ4n) is 1.61. The van der Waals surface area contributed by atoms with Crippen LogP contribution < -0.4 is 10.5 Å². The number of nitrogens with one attached hydrogen (secondary N) is 1. The maximum Gasteiger partial charge on any atom is 0.263 e. The lowest BCUT2D eigenvalue weighted by molar-refractivity contribution is 0.600. The van der Waals surface area contributed by atoms with Gasteiger partial charge in [-0.3, -0.25) is 4.72 Å². The van der Waals surface area contributed by atoms with Crippen LogP contribution in [0.2, 0.25) is 0 Å². The first-order chi connectivity index (χ1) is 9.56. The van der Waals surface area contributed by atoms with Crippen LogP contribution in [0, 0.1) is 11.3 Å². The van der Waals surface area contributed by atoms with Gasteiger partial charge in [0.1, 0.15) is 16.7 Å². The van der Waals surface area contributed by atoms with Gasteiger partial charge in [0.15, 0.2) is 0 Å². The van der Waals surface area contributed by atoms with Crippen molar-refractivity contribution < 1.29 is 8.42 Å². The molecule has 1 heterocycles. The molecule has 0 radical (unpaired) electrons. The molecule has 0 saturated heterocycles. The SMILES string of the molecule is N#Cc1ccc(S(=O)(=O)Nc2ccccc2CN)cn1. The Morgan fingerprint density at radius 2 is 2.00 bits per heavy atom. The Morgan fingerprint density at radius 3 is 2.60 bits per heavy atom. The number of hydrogen-bond acceptors (Lipinski definition) is 5. The summed E-state index contributed by atoms with van der Waals surface area (Å²) in [4.78, 5) is 3.73. The van der Waals surface area contributed by atoms with Crippen LogP contribution in [0.4, 0.5) is 5.69 Å². The summed E-state index contributed by atoms with van der Waals surface area (Å²) >= 11 is 0. The van der Waals surface area contributed by atoms with E-state index in [9.17, 15) is 8.42 Å². The number of anilines is 1. The Kier molecular flexibility index (Phi) is 3.98. The van der Waals surface area contributed by atoms with Crippen molar-refractivity contribution >= 4 is 15.7 Å². The van der Waals surface area contributed by atoms with Crippen LogP contribution >= 0.6 is 0 Å². The number of sulfonamides is 1. The first kappa shape index (κ1) is 14.0. The first-order valence-corrected chi connectivity index (χ1v) is 7.22. The summed E-state index contributed by atoms with van der Waals surface area (Å²) in [5.74, 6) is 0. The molecule has 6 nitrogen and oxygen atoms in total. The van der Waals surface area contributed by atoms with E-state index in [2.05, 4.69) is 9.71 Å². The average molecular weight is 288 g/mol. The molecule has 0 amide bonds. The monoisotopic (exact) mass is 288 g/mol. The molecule has 20 heavy (non-hydrogen) atoms. The summed E-state index contributed by atoms with van der Waals surface area (Å²) < 4.78 is 26.8. The second-order valence-electron chi connectivity index (χ2n) is 3.96. The Balaban J connectivity index is 2.33. The summed E-state index contributed by atoms with van der Waals surface area (Å²) in [6.07, 6.45) is 1.14. The Morgan fingerprint density at radius 1 is 1.25 bits per heavy atom. The molecule has 1 aromatic heterocycles. The van der Waals surface area contributed by atoms with Gasteiger partial charge in [-0.05, 0) is 23.8 Å². The van der Waals surface area contributed by atoms with Crippen LogP contribution in [-0.4, -0.2) is 13.4 Å². The van der Waals surface area contributed by atoms with E-state index in [1.54, 1.807) is 24.3 Å². The minimum Gasteiger partial charge on any atom is -0.326 e. The predicted octanol–water partition coefficient (Wildman–Crippen LogP) is 1.21. The average Bonchev–Trinajstić information content (AvgIpc) is 2.47. The number of hydrogen-bond donors (Lipinski definition) is 2. The minimum absolute atomic E-state index is 0.0108. The van der Waals surface area contributed by atoms with Crippen molar-refractivity contribution in [1.82, 2.24) is 4.98 Å². The molecular formula is C13H12N4O2S. The molecule has 0 unspecified atom stereocenters. The zero-order chi connectivity index (χ0) is 14.6. The third kappa shape index (κ3) is 2.93. The minimum atomic E-state index is -3.75. The molecule has 0 fully saturated rings. The van der Waals surface area contributed by atoms with Gasteiger partial charge in [-0.2, -0.15) is 5.26 Å². The van der Waals surface area contributed by atoms with E-state index >= 15 is 0 Å². The molecule has 0 atom stereocenters. The number of nitrogens with two attached hydrogens (primary N) is 1. The second-order valence-corrected chi connectivity index (χ2v) is 5.64. The highest BCUT2D eigenvalue weighted by Gasteiger charge is 2.16. The molecule has 0 saturated carbocycles. The quantitative estimate of drug-likeness (QED) is 0.879. The van der Waals surface area contributed by atoms with Crippen molar-refractivity contribution in [2.45, 2.75) is 11.4 Å². The summed E-state index contributed by atoms with van der Waals surface area (Å²) in [6, 6.07) is 11.4. The van der Waals surface area contributed by atoms with Crippen LogP contribution in [0.25, 0.3) is 0 Å². The molecule has 0 spiro atoms. The van der Waals surface area contributed by atoms with Crippen molar-refractivity contribution in [1.29, 1.82) is 5.26 Å². The van der Waals surface area contributed by atoms with Gasteiger partial charge in [-0.25, -0.2) is 13.4 Å². The molecule has 0 aliphatic carbocycles. The van der Waals surface area contributed by atoms with E-state index in [0.717, 1.165) is 6.20 Å². The number of rotatable bonds is 4. The lowest BCUT2D eigenvalue weighted by Gasteiger charge is -2.11. The van der Waals surface area contributed by atoms with Crippen LogP contribution in [0.3, 0.4) is 0 Å². The van der Waals surface area contributed by atoms with E-state index in [1.807, 2.05) is 6.07 Å². The predicted molar refractivity (Wildman–Crippen MR) is 74.1 cm³/mol. The lowest BCUT2D eigenvalue weighted by atomic mass is 10.2. The van der Waals surface area contributed by atoms with E-state index in [1.165, 1.54) is 12.1 Å². The Labute approximate surface area is 116 Å². The summed E-state index contributed by atoms with van der Waals surface area (Å²) in [7, 11) is -3.75. The van der Waals surface area contributed by atoms with E-state index < -0.39 is 10.0 Å². The topological polar surface area (TPSA) is 109 Å². The smallest absolute Gasteiger partial charge is 0.263 e. The molecule has 0 bridgehead atoms. The van der Waals surface area contributed by atoms with Crippen LogP contribution in [0.5, 0.6) is 0 Å². The summed E-state index contributed by atoms with van der Waals surface area (Å²) in [5.41, 5.74) is 6.84. The van der Waals surface area contributed by atoms with Crippen LogP contribution in [0.15, 0.2) is 47.5 Å². The number of pyridine rings is 1. The van der Waals surface area contributed by atoms with Crippen molar-refractivity contribution in [3.05, 3.63) is 53.9 Å². The number of nitrogens with zero attached hydrogens (tertiary/aromatic N) is 2. The van der Waals surface area contributed by atoms with Gasteiger partial charge in [-0.15, -0.1) is 0 Å². The highest BCUT2D eigenvalue weighted by Crippen LogP contribution is 2.19. The fourth-order valence-corrected chi connectivity index (χ4v) is 2.65. The molecule has 1 aromatic carbocycles. The summed E-state index contributed by atoms with van der Waals surface area (Å²) in [5, 5.41) is 8.64. The molecule has 2 rings (SSSR count). The first-order valence-electron chi connectivity index (χ1n) is 5.74. The zero-order valence-corrected chi connectivity index (χ0v) is 11.3. The molecule has 102 valence electrons. The third-order valence-electron chi connectivity index (χ3n) is 2.64. The van der Waals surface area contributed by atoms with Gasteiger partial charge < -0.3 is 5.73 Å². The molecule has 3 N–H and O–H groups in total. The number of aromatic nitrogens is 1. The van der Waals surface area contributed by atoms with Crippen molar-refractivity contribution in [2.24, 2.45) is 5.73 Å². The second kappa shape index (κ2) is 5.69. The van der Waals surface area contributed by atoms with Crippen molar-refractivity contribution in [3.63, 3.8) is 0 Å². The summed E-state index contributed by atoms with van der Waals surface area (Å²) in [6.45, 7) is 0.227. The van der Waals surface area contributed by atoms with Gasteiger partial charge >= 0.3 is 0 Å². The Bertz CT molecular complexity index is 749. The van der Waals surface area contributed by atoms with Crippen LogP contribution in [-0.2, 0) is 16.6 Å². The maximum atomic E-state index is 12.2. The number of benzene rings is 1. The highest BCUT2D eigenvalue weighted by atomic mass is 32.2. The third-order valence-corrected chi connectivity index (χ3v) is 3.99. The van der Waals surface area contributed by atoms with Gasteiger partial charge in [0.05, 0.1) is 5.69 Å². The standard InChI is InChI=1S/C13H12N4O2S/c14-7-10-3-1-2-4-13(10)17-20(18,19)12-6-5-11(8-15)16-9-12/h1-6,9,17H,7,14H2. The molecule has 0 aliphatic rings. The highest BCUT2D eigenvalue weighted by molar-refractivity contribution is 7.92. The lowest BCUT2D eigenvalue weighted by Crippen LogP contribution is -2.15. The Hall–Kier alpha value is -2.43. The molecule has 2 aromatic rings. The van der Waals surface area contributed by atoms with E-state index in [-0.39, 0.29) is 17.1 Å². The largest absolute Gasteiger partial charge is 0.326 e. The van der Waals surface area contributed by atoms with Gasteiger partial charge in [-0.1, -0.05) is 18.2 Å². The molecular weight excluding hydrogens is 276 g/mol. The van der Waals surface area contributed by atoms with Gasteiger partial charge in [0, 0.05) is 12.7 Å². The van der Waals surface area contributed by atoms with Crippen LogP contribution in [0.1, 0.15) is 11.3 Å². The molecule has 0 aliphatic heterocycles. The zero-order valence-electron chi connectivity index (χ0n) is 10.4.